The molecule has 11 heavy (non-hydrogen) atoms. The maximum Gasteiger partial charge on any atom is 0.109 e. The highest BCUT2D eigenvalue weighted by Crippen LogP contribution is 2.80. The van der Waals surface area contributed by atoms with Crippen molar-refractivity contribution in [3.63, 3.8) is 0 Å². The number of nitroso groups, excluding NO2 is 1. The average Bonchev–Trinajstić information content (AvgIpc) is 1.94. The van der Waals surface area contributed by atoms with E-state index in [1.807, 2.05) is 0 Å². The van der Waals surface area contributed by atoms with Crippen molar-refractivity contribution in [3.8, 4) is 0 Å². The molecular formula is C9H13NO. The lowest BCUT2D eigenvalue weighted by atomic mass is 9.27. The highest BCUT2D eigenvalue weighted by atomic mass is 16.3. The van der Waals surface area contributed by atoms with E-state index < -0.39 is 0 Å². The largest absolute Gasteiger partial charge is 0.150 e. The fraction of sp³-hybridized carbons (Fsp3) is 1.00. The fourth-order valence-electron chi connectivity index (χ4n) is 4.08. The van der Waals surface area contributed by atoms with E-state index in [0.29, 0.717) is 5.41 Å². The van der Waals surface area contributed by atoms with Crippen molar-refractivity contribution < 1.29 is 0 Å². The maximum atomic E-state index is 10.7. The Hall–Kier alpha value is -0.400. The van der Waals surface area contributed by atoms with Crippen LogP contribution >= 0.6 is 0 Å². The Kier molecular flexibility index (Phi) is 0.778. The molecule has 0 aliphatic heterocycles. The van der Waals surface area contributed by atoms with Gasteiger partial charge in [0.15, 0.2) is 0 Å². The summed E-state index contributed by atoms with van der Waals surface area (Å²) in [5, 5.41) is 3.37. The molecule has 0 radical (unpaired) electrons. The Bertz CT molecular complexity index is 234. The van der Waals surface area contributed by atoms with Crippen LogP contribution in [0.25, 0.3) is 0 Å². The zero-order chi connectivity index (χ0) is 7.69. The summed E-state index contributed by atoms with van der Waals surface area (Å²) in [5.74, 6) is 1.66. The van der Waals surface area contributed by atoms with Gasteiger partial charge in [0.2, 0.25) is 0 Å². The maximum absolute atomic E-state index is 10.7. The van der Waals surface area contributed by atoms with Crippen LogP contribution in [0.1, 0.15) is 32.6 Å². The van der Waals surface area contributed by atoms with E-state index in [9.17, 15) is 4.91 Å². The van der Waals surface area contributed by atoms with Gasteiger partial charge < -0.3 is 0 Å². The summed E-state index contributed by atoms with van der Waals surface area (Å²) in [6.07, 6.45) is 4.83. The van der Waals surface area contributed by atoms with E-state index in [1.54, 1.807) is 0 Å². The lowest BCUT2D eigenvalue weighted by molar-refractivity contribution is -0.271. The summed E-state index contributed by atoms with van der Waals surface area (Å²) in [6, 6.07) is 0. The van der Waals surface area contributed by atoms with Crippen LogP contribution < -0.4 is 0 Å². The van der Waals surface area contributed by atoms with Crippen molar-refractivity contribution in [2.75, 3.05) is 0 Å². The highest BCUT2D eigenvalue weighted by molar-refractivity contribution is 5.30. The van der Waals surface area contributed by atoms with Crippen LogP contribution in [0.5, 0.6) is 0 Å². The first-order valence-corrected chi connectivity index (χ1v) is 4.60. The van der Waals surface area contributed by atoms with Crippen molar-refractivity contribution in [1.82, 2.24) is 0 Å². The van der Waals surface area contributed by atoms with Crippen LogP contribution in [0.4, 0.5) is 0 Å². The number of hydrogen-bond donors (Lipinski definition) is 0. The first kappa shape index (κ1) is 6.15. The predicted molar refractivity (Wildman–Crippen MR) is 42.1 cm³/mol. The lowest BCUT2D eigenvalue weighted by Crippen LogP contribution is -2.77. The van der Waals surface area contributed by atoms with E-state index in [0.717, 1.165) is 24.7 Å². The molecule has 2 heteroatoms. The normalized spacial score (nSPS) is 64.5. The van der Waals surface area contributed by atoms with E-state index in [-0.39, 0.29) is 5.54 Å². The minimum absolute atomic E-state index is 0.0602. The van der Waals surface area contributed by atoms with Crippen molar-refractivity contribution in [3.05, 3.63) is 4.91 Å². The van der Waals surface area contributed by atoms with Crippen LogP contribution in [-0.4, -0.2) is 5.54 Å². The van der Waals surface area contributed by atoms with Crippen molar-refractivity contribution >= 4 is 0 Å². The molecule has 3 rings (SSSR count). The second kappa shape index (κ2) is 1.39. The van der Waals surface area contributed by atoms with E-state index >= 15 is 0 Å². The van der Waals surface area contributed by atoms with Crippen molar-refractivity contribution in [1.29, 1.82) is 0 Å². The third kappa shape index (κ3) is 0.354. The Morgan fingerprint density at radius 1 is 1.45 bits per heavy atom. The van der Waals surface area contributed by atoms with Gasteiger partial charge in [0, 0.05) is 5.41 Å². The summed E-state index contributed by atoms with van der Waals surface area (Å²) in [7, 11) is 0. The average molecular weight is 151 g/mol. The molecule has 60 valence electrons. The number of hydrogen-bond acceptors (Lipinski definition) is 2. The molecule has 3 aliphatic rings. The second-order valence-electron chi connectivity index (χ2n) is 4.70. The molecule has 0 heterocycles. The van der Waals surface area contributed by atoms with Crippen LogP contribution in [0.3, 0.4) is 0 Å². The Morgan fingerprint density at radius 2 is 2.27 bits per heavy atom. The quantitative estimate of drug-likeness (QED) is 0.529. The van der Waals surface area contributed by atoms with Gasteiger partial charge in [-0.15, -0.1) is 0 Å². The number of nitrogens with zero attached hydrogens (tertiary/aromatic N) is 1. The smallest absolute Gasteiger partial charge is 0.109 e. The second-order valence-corrected chi connectivity index (χ2v) is 4.70. The van der Waals surface area contributed by atoms with Crippen LogP contribution in [0.2, 0.25) is 0 Å². The van der Waals surface area contributed by atoms with Crippen LogP contribution in [-0.2, 0) is 0 Å². The summed E-state index contributed by atoms with van der Waals surface area (Å²) < 4.78 is 0. The van der Waals surface area contributed by atoms with Crippen molar-refractivity contribution in [2.45, 2.75) is 38.1 Å². The summed E-state index contributed by atoms with van der Waals surface area (Å²) in [5.41, 5.74) is 0.365. The Balaban J connectivity index is 1.98. The van der Waals surface area contributed by atoms with Crippen LogP contribution in [0, 0.1) is 22.2 Å². The Labute approximate surface area is 66.3 Å². The topological polar surface area (TPSA) is 29.4 Å². The molecule has 0 saturated heterocycles. The minimum atomic E-state index is -0.0602. The molecule has 3 aliphatic carbocycles. The molecule has 4 atom stereocenters. The summed E-state index contributed by atoms with van der Waals surface area (Å²) in [4.78, 5) is 10.7. The van der Waals surface area contributed by atoms with Crippen LogP contribution in [0.15, 0.2) is 5.18 Å². The fourth-order valence-corrected chi connectivity index (χ4v) is 4.08. The van der Waals surface area contributed by atoms with Gasteiger partial charge in [-0.05, 0) is 37.5 Å². The van der Waals surface area contributed by atoms with Gasteiger partial charge in [-0.1, -0.05) is 12.1 Å². The van der Waals surface area contributed by atoms with Gasteiger partial charge in [0.05, 0.1) is 0 Å². The predicted octanol–water partition coefficient (Wildman–Crippen LogP) is 2.33. The Morgan fingerprint density at radius 3 is 2.55 bits per heavy atom. The molecule has 0 aromatic rings. The van der Waals surface area contributed by atoms with Gasteiger partial charge >= 0.3 is 0 Å². The molecule has 0 amide bonds. The lowest BCUT2D eigenvalue weighted by Gasteiger charge is -2.78. The van der Waals surface area contributed by atoms with E-state index in [1.165, 1.54) is 12.8 Å². The molecule has 0 aromatic carbocycles. The first-order valence-electron chi connectivity index (χ1n) is 4.60. The SMILES string of the molecule is CC1CC2CC3(N=O)CCC123. The number of rotatable bonds is 1. The molecule has 0 bridgehead atoms. The molecule has 2 nitrogen and oxygen atoms in total. The molecule has 0 N–H and O–H groups in total. The molecule has 0 aromatic heterocycles. The summed E-state index contributed by atoms with van der Waals surface area (Å²) in [6.45, 7) is 2.29. The van der Waals surface area contributed by atoms with E-state index in [2.05, 4.69) is 12.1 Å². The molecule has 3 fully saturated rings. The minimum Gasteiger partial charge on any atom is -0.150 e. The monoisotopic (exact) mass is 151 g/mol. The zero-order valence-corrected chi connectivity index (χ0v) is 6.84. The van der Waals surface area contributed by atoms with Gasteiger partial charge in [0.25, 0.3) is 0 Å². The first-order chi connectivity index (χ1) is 5.25. The van der Waals surface area contributed by atoms with Gasteiger partial charge in [-0.2, -0.15) is 4.91 Å². The van der Waals surface area contributed by atoms with Gasteiger partial charge in [-0.25, -0.2) is 0 Å². The molecular weight excluding hydrogens is 138 g/mol. The van der Waals surface area contributed by atoms with Gasteiger partial charge in [0.1, 0.15) is 5.54 Å². The molecule has 3 saturated carbocycles. The third-order valence-corrected chi connectivity index (χ3v) is 4.82. The van der Waals surface area contributed by atoms with Crippen molar-refractivity contribution in [2.24, 2.45) is 22.4 Å². The standard InChI is InChI=1S/C9H13NO/c1-6-4-7-5-8(10-11)2-3-9(6,7)8/h6-7H,2-5H2,1H3. The highest BCUT2D eigenvalue weighted by Gasteiger charge is 2.79. The van der Waals surface area contributed by atoms with E-state index in [4.69, 9.17) is 0 Å². The molecule has 4 unspecified atom stereocenters. The van der Waals surface area contributed by atoms with Gasteiger partial charge in [-0.3, -0.25) is 0 Å². The summed E-state index contributed by atoms with van der Waals surface area (Å²) >= 11 is 0. The molecule has 1 spiro atoms. The third-order valence-electron chi connectivity index (χ3n) is 4.82. The zero-order valence-electron chi connectivity index (χ0n) is 6.84.